The van der Waals surface area contributed by atoms with Crippen molar-refractivity contribution in [3.05, 3.63) is 72.3 Å². The highest BCUT2D eigenvalue weighted by Gasteiger charge is 2.30. The van der Waals surface area contributed by atoms with Gasteiger partial charge in [-0.25, -0.2) is 0 Å². The summed E-state index contributed by atoms with van der Waals surface area (Å²) in [7, 11) is 0. The smallest absolute Gasteiger partial charge is 0.305 e. The lowest BCUT2D eigenvalue weighted by Crippen LogP contribution is -2.25. The lowest BCUT2D eigenvalue weighted by molar-refractivity contribution is -0.144. The molecule has 2 aromatic rings. The van der Waals surface area contributed by atoms with Crippen LogP contribution in [0.1, 0.15) is 88.7 Å². The summed E-state index contributed by atoms with van der Waals surface area (Å²) in [6.45, 7) is 6.31. The van der Waals surface area contributed by atoms with E-state index in [2.05, 4.69) is 13.5 Å². The molecule has 2 rings (SSSR count). The van der Waals surface area contributed by atoms with Gasteiger partial charge in [-0.3, -0.25) is 4.79 Å². The Labute approximate surface area is 199 Å². The van der Waals surface area contributed by atoms with E-state index in [0.29, 0.717) is 19.4 Å². The van der Waals surface area contributed by atoms with Crippen molar-refractivity contribution in [3.8, 4) is 11.5 Å². The molecule has 0 saturated carbocycles. The van der Waals surface area contributed by atoms with E-state index in [0.717, 1.165) is 30.4 Å². The van der Waals surface area contributed by atoms with Crippen LogP contribution in [0.25, 0.3) is 0 Å². The van der Waals surface area contributed by atoms with Crippen molar-refractivity contribution >= 4 is 5.97 Å². The monoisotopic (exact) mass is 452 g/mol. The van der Waals surface area contributed by atoms with Crippen molar-refractivity contribution in [2.75, 3.05) is 6.61 Å². The van der Waals surface area contributed by atoms with E-state index >= 15 is 0 Å². The van der Waals surface area contributed by atoms with Gasteiger partial charge in [0.2, 0.25) is 0 Å². The molecule has 0 unspecified atom stereocenters. The molecule has 2 N–H and O–H groups in total. The number of esters is 1. The minimum Gasteiger partial charge on any atom is -0.508 e. The first-order valence-corrected chi connectivity index (χ1v) is 12.3. The number of allylic oxidation sites excluding steroid dienone is 1. The zero-order valence-corrected chi connectivity index (χ0v) is 20.1. The standard InChI is InChI=1S/C29H40O4/c1-3-4-5-6-7-8-9-10-11-12-23-33-28(32)21-22-29(2,24-13-17-26(30)18-14-24)25-15-19-27(31)20-16-25/h3,13-20,30-31H,1,4-12,21-23H2,2H3. The number of carbonyl (C=O) groups excluding carboxylic acids is 1. The maximum Gasteiger partial charge on any atom is 0.305 e. The van der Waals surface area contributed by atoms with Gasteiger partial charge in [0.15, 0.2) is 0 Å². The molecule has 0 spiro atoms. The van der Waals surface area contributed by atoms with Crippen LogP contribution in [-0.4, -0.2) is 22.8 Å². The molecule has 0 atom stereocenters. The van der Waals surface area contributed by atoms with Crippen molar-refractivity contribution < 1.29 is 19.7 Å². The Hall–Kier alpha value is -2.75. The summed E-state index contributed by atoms with van der Waals surface area (Å²) in [5.41, 5.74) is 1.57. The van der Waals surface area contributed by atoms with Crippen molar-refractivity contribution in [1.29, 1.82) is 0 Å². The number of rotatable bonds is 16. The number of benzene rings is 2. The molecule has 0 saturated heterocycles. The first kappa shape index (κ1) is 26.5. The summed E-state index contributed by atoms with van der Waals surface area (Å²) in [6, 6.07) is 14.2. The fourth-order valence-corrected chi connectivity index (χ4v) is 4.18. The van der Waals surface area contributed by atoms with Crippen LogP contribution in [0.3, 0.4) is 0 Å². The highest BCUT2D eigenvalue weighted by Crippen LogP contribution is 2.37. The molecule has 180 valence electrons. The van der Waals surface area contributed by atoms with Crippen molar-refractivity contribution in [1.82, 2.24) is 0 Å². The molecule has 4 heteroatoms. The number of hydrogen-bond donors (Lipinski definition) is 2. The average molecular weight is 453 g/mol. The molecule has 0 aliphatic carbocycles. The van der Waals surface area contributed by atoms with E-state index in [-0.39, 0.29) is 17.5 Å². The first-order chi connectivity index (χ1) is 16.0. The van der Waals surface area contributed by atoms with Crippen molar-refractivity contribution in [2.24, 2.45) is 0 Å². The third kappa shape index (κ3) is 9.33. The third-order valence-corrected chi connectivity index (χ3v) is 6.40. The van der Waals surface area contributed by atoms with Crippen LogP contribution < -0.4 is 0 Å². The van der Waals surface area contributed by atoms with Gasteiger partial charge in [0.1, 0.15) is 11.5 Å². The van der Waals surface area contributed by atoms with E-state index in [9.17, 15) is 15.0 Å². The van der Waals surface area contributed by atoms with Gasteiger partial charge in [-0.2, -0.15) is 0 Å². The summed E-state index contributed by atoms with van der Waals surface area (Å²) >= 11 is 0. The molecule has 0 aromatic heterocycles. The molecule has 0 heterocycles. The highest BCUT2D eigenvalue weighted by atomic mass is 16.5. The van der Waals surface area contributed by atoms with Gasteiger partial charge in [-0.15, -0.1) is 6.58 Å². The van der Waals surface area contributed by atoms with E-state index in [4.69, 9.17) is 4.74 Å². The normalized spacial score (nSPS) is 11.3. The fourth-order valence-electron chi connectivity index (χ4n) is 4.18. The van der Waals surface area contributed by atoms with Gasteiger partial charge >= 0.3 is 5.97 Å². The summed E-state index contributed by atoms with van der Waals surface area (Å²) in [6.07, 6.45) is 13.6. The number of phenolic OH excluding ortho intramolecular Hbond substituents is 2. The lowest BCUT2D eigenvalue weighted by atomic mass is 9.73. The van der Waals surface area contributed by atoms with Crippen LogP contribution in [0.5, 0.6) is 11.5 Å². The number of aromatic hydroxyl groups is 2. The van der Waals surface area contributed by atoms with Crippen molar-refractivity contribution in [2.45, 2.75) is 83.0 Å². The molecule has 0 radical (unpaired) electrons. The van der Waals surface area contributed by atoms with Crippen molar-refractivity contribution in [3.63, 3.8) is 0 Å². The fraction of sp³-hybridized carbons (Fsp3) is 0.483. The second-order valence-electron chi connectivity index (χ2n) is 9.05. The Morgan fingerprint density at radius 2 is 1.27 bits per heavy atom. The Bertz CT molecular complexity index is 778. The minimum absolute atomic E-state index is 0.180. The molecule has 2 aromatic carbocycles. The van der Waals surface area contributed by atoms with Gasteiger partial charge in [0.25, 0.3) is 0 Å². The second kappa shape index (κ2) is 14.4. The molecular weight excluding hydrogens is 412 g/mol. The summed E-state index contributed by atoms with van der Waals surface area (Å²) < 4.78 is 5.49. The largest absolute Gasteiger partial charge is 0.508 e. The second-order valence-corrected chi connectivity index (χ2v) is 9.05. The molecule has 4 nitrogen and oxygen atoms in total. The molecule has 0 amide bonds. The van der Waals surface area contributed by atoms with Crippen LogP contribution in [0.15, 0.2) is 61.2 Å². The van der Waals surface area contributed by atoms with Crippen LogP contribution >= 0.6 is 0 Å². The molecule has 0 aliphatic heterocycles. The maximum atomic E-state index is 12.4. The van der Waals surface area contributed by atoms with Gasteiger partial charge in [-0.05, 0) is 61.1 Å². The van der Waals surface area contributed by atoms with E-state index in [1.165, 1.54) is 38.5 Å². The molecule has 0 aliphatic rings. The van der Waals surface area contributed by atoms with Gasteiger partial charge < -0.3 is 14.9 Å². The Morgan fingerprint density at radius 1 is 0.818 bits per heavy atom. The van der Waals surface area contributed by atoms with Crippen LogP contribution in [0.2, 0.25) is 0 Å². The Balaban J connectivity index is 1.75. The zero-order chi connectivity index (χ0) is 23.9. The first-order valence-electron chi connectivity index (χ1n) is 12.3. The number of unbranched alkanes of at least 4 members (excludes halogenated alkanes) is 8. The summed E-state index contributed by atoms with van der Waals surface area (Å²) in [5.74, 6) is 0.235. The summed E-state index contributed by atoms with van der Waals surface area (Å²) in [4.78, 5) is 12.4. The van der Waals surface area contributed by atoms with Crippen LogP contribution in [0, 0.1) is 0 Å². The number of phenols is 2. The van der Waals surface area contributed by atoms with E-state index in [1.54, 1.807) is 24.3 Å². The summed E-state index contributed by atoms with van der Waals surface area (Å²) in [5, 5.41) is 19.3. The predicted molar refractivity (Wildman–Crippen MR) is 135 cm³/mol. The highest BCUT2D eigenvalue weighted by molar-refractivity contribution is 5.69. The number of hydrogen-bond acceptors (Lipinski definition) is 4. The molecular formula is C29H40O4. The SMILES string of the molecule is C=CCCCCCCCCCCOC(=O)CCC(C)(c1ccc(O)cc1)c1ccc(O)cc1. The van der Waals surface area contributed by atoms with Crippen LogP contribution in [-0.2, 0) is 14.9 Å². The van der Waals surface area contributed by atoms with Gasteiger partial charge in [0, 0.05) is 11.8 Å². The van der Waals surface area contributed by atoms with E-state index in [1.807, 2.05) is 30.3 Å². The number of carbonyl (C=O) groups is 1. The maximum absolute atomic E-state index is 12.4. The van der Waals surface area contributed by atoms with Gasteiger partial charge in [-0.1, -0.05) is 75.8 Å². The Kier molecular flexibility index (Phi) is 11.6. The predicted octanol–water partition coefficient (Wildman–Crippen LogP) is 7.42. The number of ether oxygens (including phenoxy) is 1. The lowest BCUT2D eigenvalue weighted by Gasteiger charge is -2.31. The molecule has 33 heavy (non-hydrogen) atoms. The quantitative estimate of drug-likeness (QED) is 0.158. The molecule has 0 fully saturated rings. The van der Waals surface area contributed by atoms with Gasteiger partial charge in [0.05, 0.1) is 6.61 Å². The third-order valence-electron chi connectivity index (χ3n) is 6.40. The minimum atomic E-state index is -0.438. The topological polar surface area (TPSA) is 66.8 Å². The molecule has 0 bridgehead atoms. The zero-order valence-electron chi connectivity index (χ0n) is 20.1. The Morgan fingerprint density at radius 3 is 1.76 bits per heavy atom. The van der Waals surface area contributed by atoms with E-state index < -0.39 is 5.41 Å². The average Bonchev–Trinajstić information content (AvgIpc) is 2.82. The van der Waals surface area contributed by atoms with Crippen LogP contribution in [0.4, 0.5) is 0 Å².